The number of aliphatic carboxylic acids is 1. The lowest BCUT2D eigenvalue weighted by atomic mass is 10.00. The molecule has 0 saturated carbocycles. The second kappa shape index (κ2) is 3.43. The van der Waals surface area contributed by atoms with Crippen LogP contribution >= 0.6 is 0 Å². The molecule has 0 aliphatic carbocycles. The Kier molecular flexibility index (Phi) is 2.24. The summed E-state index contributed by atoms with van der Waals surface area (Å²) in [5.41, 5.74) is 0.924. The predicted molar refractivity (Wildman–Crippen MR) is 48.9 cm³/mol. The molecule has 0 bridgehead atoms. The van der Waals surface area contributed by atoms with E-state index in [1.165, 1.54) is 6.07 Å². The van der Waals surface area contributed by atoms with Gasteiger partial charge in [-0.3, -0.25) is 4.79 Å². The summed E-state index contributed by atoms with van der Waals surface area (Å²) >= 11 is 0. The standard InChI is InChI=1S/C10H8FNO3/c11-8-2-1-5(9(13)10(14)15)6-3-12-4-7(6)8/h1-2,12H,3-4H2,(H,14,15). The van der Waals surface area contributed by atoms with Crippen molar-refractivity contribution in [3.05, 3.63) is 34.6 Å². The summed E-state index contributed by atoms with van der Waals surface area (Å²) in [5, 5.41) is 11.4. The molecule has 0 amide bonds. The van der Waals surface area contributed by atoms with Crippen molar-refractivity contribution >= 4 is 11.8 Å². The van der Waals surface area contributed by atoms with E-state index in [1.807, 2.05) is 0 Å². The summed E-state index contributed by atoms with van der Waals surface area (Å²) in [6, 6.07) is 2.35. The molecule has 5 heteroatoms. The zero-order chi connectivity index (χ0) is 11.0. The quantitative estimate of drug-likeness (QED) is 0.555. The van der Waals surface area contributed by atoms with Gasteiger partial charge in [0.1, 0.15) is 5.82 Å². The first-order valence-corrected chi connectivity index (χ1v) is 4.40. The first-order valence-electron chi connectivity index (χ1n) is 4.40. The van der Waals surface area contributed by atoms with Crippen LogP contribution in [0.4, 0.5) is 4.39 Å². The molecule has 2 N–H and O–H groups in total. The van der Waals surface area contributed by atoms with E-state index in [0.29, 0.717) is 24.2 Å². The highest BCUT2D eigenvalue weighted by atomic mass is 19.1. The van der Waals surface area contributed by atoms with Crippen LogP contribution in [0.25, 0.3) is 0 Å². The van der Waals surface area contributed by atoms with E-state index in [4.69, 9.17) is 5.11 Å². The number of nitrogens with one attached hydrogen (secondary N) is 1. The average Bonchev–Trinajstić information content (AvgIpc) is 2.66. The second-order valence-corrected chi connectivity index (χ2v) is 3.29. The highest BCUT2D eigenvalue weighted by Crippen LogP contribution is 2.23. The van der Waals surface area contributed by atoms with Gasteiger partial charge < -0.3 is 10.4 Å². The minimum atomic E-state index is -1.52. The second-order valence-electron chi connectivity index (χ2n) is 3.29. The predicted octanol–water partition coefficient (Wildman–Crippen LogP) is 0.696. The fourth-order valence-electron chi connectivity index (χ4n) is 1.70. The fraction of sp³-hybridized carbons (Fsp3) is 0.200. The molecule has 0 saturated heterocycles. The number of Topliss-reactive ketones (excluding diaryl/α,β-unsaturated/α-hetero) is 1. The lowest BCUT2D eigenvalue weighted by Crippen LogP contribution is -2.15. The Morgan fingerprint density at radius 3 is 2.60 bits per heavy atom. The topological polar surface area (TPSA) is 66.4 Å². The van der Waals surface area contributed by atoms with Crippen LogP contribution in [-0.4, -0.2) is 16.9 Å². The van der Waals surface area contributed by atoms with E-state index >= 15 is 0 Å². The third kappa shape index (κ3) is 1.50. The molecule has 0 unspecified atom stereocenters. The Bertz CT molecular complexity index is 456. The Balaban J connectivity index is 2.55. The molecule has 0 aromatic heterocycles. The van der Waals surface area contributed by atoms with Gasteiger partial charge in [0.15, 0.2) is 0 Å². The summed E-state index contributed by atoms with van der Waals surface area (Å²) in [5.74, 6) is -2.91. The average molecular weight is 209 g/mol. The summed E-state index contributed by atoms with van der Waals surface area (Å²) in [4.78, 5) is 21.8. The van der Waals surface area contributed by atoms with Crippen LogP contribution in [0, 0.1) is 5.82 Å². The zero-order valence-corrected chi connectivity index (χ0v) is 7.71. The van der Waals surface area contributed by atoms with Gasteiger partial charge >= 0.3 is 5.97 Å². The van der Waals surface area contributed by atoms with Crippen LogP contribution in [-0.2, 0) is 17.9 Å². The van der Waals surface area contributed by atoms with Gasteiger partial charge in [0, 0.05) is 24.2 Å². The monoisotopic (exact) mass is 209 g/mol. The number of halogens is 1. The van der Waals surface area contributed by atoms with Crippen molar-refractivity contribution in [3.8, 4) is 0 Å². The number of hydrogen-bond acceptors (Lipinski definition) is 3. The number of rotatable bonds is 2. The van der Waals surface area contributed by atoms with Crippen LogP contribution in [0.1, 0.15) is 21.5 Å². The first kappa shape index (κ1) is 9.79. The molecular formula is C10H8FNO3. The van der Waals surface area contributed by atoms with Crippen molar-refractivity contribution in [2.45, 2.75) is 13.1 Å². The Hall–Kier alpha value is -1.75. The normalized spacial score (nSPS) is 13.7. The van der Waals surface area contributed by atoms with E-state index in [2.05, 4.69) is 5.32 Å². The number of carboxylic acid groups (broad SMARTS) is 1. The van der Waals surface area contributed by atoms with Crippen LogP contribution in [0.2, 0.25) is 0 Å². The van der Waals surface area contributed by atoms with E-state index in [9.17, 15) is 14.0 Å². The maximum Gasteiger partial charge on any atom is 0.377 e. The van der Waals surface area contributed by atoms with Crippen molar-refractivity contribution in [1.82, 2.24) is 5.32 Å². The molecular weight excluding hydrogens is 201 g/mol. The molecule has 1 aromatic carbocycles. The maximum atomic E-state index is 13.2. The number of ketones is 1. The lowest BCUT2D eigenvalue weighted by molar-refractivity contribution is -0.131. The Labute approximate surface area is 84.7 Å². The molecule has 0 radical (unpaired) electrons. The smallest absolute Gasteiger partial charge is 0.377 e. The van der Waals surface area contributed by atoms with E-state index in [0.717, 1.165) is 6.07 Å². The highest BCUT2D eigenvalue weighted by Gasteiger charge is 2.24. The van der Waals surface area contributed by atoms with Crippen molar-refractivity contribution in [2.24, 2.45) is 0 Å². The van der Waals surface area contributed by atoms with Crippen LogP contribution in [0.5, 0.6) is 0 Å². The number of benzene rings is 1. The highest BCUT2D eigenvalue weighted by molar-refractivity contribution is 6.40. The number of carbonyl (C=O) groups excluding carboxylic acids is 1. The first-order chi connectivity index (χ1) is 7.11. The van der Waals surface area contributed by atoms with Crippen molar-refractivity contribution in [1.29, 1.82) is 0 Å². The van der Waals surface area contributed by atoms with Crippen molar-refractivity contribution in [2.75, 3.05) is 0 Å². The van der Waals surface area contributed by atoms with Crippen molar-refractivity contribution in [3.63, 3.8) is 0 Å². The maximum absolute atomic E-state index is 13.2. The van der Waals surface area contributed by atoms with Gasteiger partial charge in [-0.25, -0.2) is 9.18 Å². The van der Waals surface area contributed by atoms with Gasteiger partial charge in [-0.05, 0) is 17.7 Å². The molecule has 1 aromatic rings. The number of fused-ring (bicyclic) bond motifs is 1. The molecule has 0 spiro atoms. The molecule has 1 aliphatic rings. The van der Waals surface area contributed by atoms with Gasteiger partial charge in [0.05, 0.1) is 0 Å². The van der Waals surface area contributed by atoms with Crippen LogP contribution < -0.4 is 5.32 Å². The van der Waals surface area contributed by atoms with Gasteiger partial charge in [-0.15, -0.1) is 0 Å². The molecule has 2 rings (SSSR count). The molecule has 4 nitrogen and oxygen atoms in total. The minimum Gasteiger partial charge on any atom is -0.475 e. The van der Waals surface area contributed by atoms with Gasteiger partial charge in [-0.2, -0.15) is 0 Å². The Morgan fingerprint density at radius 1 is 1.27 bits per heavy atom. The molecule has 0 atom stereocenters. The largest absolute Gasteiger partial charge is 0.475 e. The number of hydrogen-bond donors (Lipinski definition) is 2. The number of carboxylic acids is 1. The molecule has 0 fully saturated rings. The zero-order valence-electron chi connectivity index (χ0n) is 7.71. The van der Waals surface area contributed by atoms with Crippen molar-refractivity contribution < 1.29 is 19.1 Å². The minimum absolute atomic E-state index is 0.0731. The fourth-order valence-corrected chi connectivity index (χ4v) is 1.70. The third-order valence-electron chi connectivity index (χ3n) is 2.42. The summed E-state index contributed by atoms with van der Waals surface area (Å²) in [6.07, 6.45) is 0. The summed E-state index contributed by atoms with van der Waals surface area (Å²) < 4.78 is 13.2. The molecule has 1 heterocycles. The molecule has 1 aliphatic heterocycles. The molecule has 78 valence electrons. The number of carbonyl (C=O) groups is 2. The summed E-state index contributed by atoms with van der Waals surface area (Å²) in [7, 11) is 0. The van der Waals surface area contributed by atoms with Gasteiger partial charge in [-0.1, -0.05) is 0 Å². The van der Waals surface area contributed by atoms with E-state index in [1.54, 1.807) is 0 Å². The molecule has 15 heavy (non-hydrogen) atoms. The van der Waals surface area contributed by atoms with E-state index in [-0.39, 0.29) is 5.56 Å². The van der Waals surface area contributed by atoms with E-state index < -0.39 is 17.6 Å². The van der Waals surface area contributed by atoms with Crippen LogP contribution in [0.3, 0.4) is 0 Å². The van der Waals surface area contributed by atoms with Gasteiger partial charge in [0.2, 0.25) is 0 Å². The third-order valence-corrected chi connectivity index (χ3v) is 2.42. The van der Waals surface area contributed by atoms with Gasteiger partial charge in [0.25, 0.3) is 5.78 Å². The lowest BCUT2D eigenvalue weighted by Gasteiger charge is -2.04. The summed E-state index contributed by atoms with van der Waals surface area (Å²) in [6.45, 7) is 0.670. The SMILES string of the molecule is O=C(O)C(=O)c1ccc(F)c2c1CNC2. The van der Waals surface area contributed by atoms with Crippen LogP contribution in [0.15, 0.2) is 12.1 Å². The Morgan fingerprint density at radius 2 is 1.93 bits per heavy atom.